The van der Waals surface area contributed by atoms with Crippen molar-refractivity contribution in [3.8, 4) is 11.1 Å². The normalized spacial score (nSPS) is 13.4. The topological polar surface area (TPSA) is 169 Å². The van der Waals surface area contributed by atoms with Crippen LogP contribution in [-0.4, -0.2) is 62.3 Å². The van der Waals surface area contributed by atoms with Crippen LogP contribution in [0.3, 0.4) is 0 Å². The van der Waals surface area contributed by atoms with E-state index in [2.05, 4.69) is 0 Å². The van der Waals surface area contributed by atoms with E-state index in [1.54, 1.807) is 66.8 Å². The first-order chi connectivity index (χ1) is 24.1. The van der Waals surface area contributed by atoms with Gasteiger partial charge in [-0.3, -0.25) is 13.7 Å². The third-order valence-electron chi connectivity index (χ3n) is 8.36. The second-order valence-corrected chi connectivity index (χ2v) is 15.9. The molecule has 1 aliphatic rings. The Hall–Kier alpha value is -4.70. The maximum absolute atomic E-state index is 12.6. The molecule has 51 heavy (non-hydrogen) atoms. The van der Waals surface area contributed by atoms with Crippen molar-refractivity contribution >= 4 is 47.8 Å². The van der Waals surface area contributed by atoms with E-state index in [1.165, 1.54) is 30.3 Å². The molecule has 266 valence electrons. The van der Waals surface area contributed by atoms with Gasteiger partial charge in [0.1, 0.15) is 11.4 Å². The van der Waals surface area contributed by atoms with Gasteiger partial charge in [0.05, 0.1) is 9.79 Å². The SMILES string of the molecule is CCN(Cc1ccccc1S(=O)(=O)O)c1cccc(-c2ccc(C=C3C=CC(=[N+](CC)Cc4cccc(S(=O)(=O)O)c4)C=C3)c(S(=O)(=O)O)c2)c1. The summed E-state index contributed by atoms with van der Waals surface area (Å²) >= 11 is 0. The molecule has 5 rings (SSSR count). The van der Waals surface area contributed by atoms with E-state index in [1.807, 2.05) is 47.6 Å². The van der Waals surface area contributed by atoms with Crippen molar-refractivity contribution in [3.63, 3.8) is 0 Å². The van der Waals surface area contributed by atoms with E-state index < -0.39 is 30.4 Å². The Labute approximate surface area is 298 Å². The molecule has 4 aromatic carbocycles. The van der Waals surface area contributed by atoms with Crippen molar-refractivity contribution in [1.82, 2.24) is 0 Å². The minimum atomic E-state index is -4.64. The quantitative estimate of drug-likeness (QED) is 0.110. The summed E-state index contributed by atoms with van der Waals surface area (Å²) in [6.07, 6.45) is 8.95. The lowest BCUT2D eigenvalue weighted by molar-refractivity contribution is -0.539. The highest BCUT2D eigenvalue weighted by Gasteiger charge is 2.20. The van der Waals surface area contributed by atoms with Gasteiger partial charge in [0, 0.05) is 36.5 Å². The highest BCUT2D eigenvalue weighted by atomic mass is 32.2. The average molecular weight is 750 g/mol. The third kappa shape index (κ3) is 9.35. The lowest BCUT2D eigenvalue weighted by Gasteiger charge is -2.25. The Morgan fingerprint density at radius 2 is 1.33 bits per heavy atom. The van der Waals surface area contributed by atoms with Crippen molar-refractivity contribution in [2.45, 2.75) is 41.6 Å². The van der Waals surface area contributed by atoms with Crippen LogP contribution in [-0.2, 0) is 43.4 Å². The summed E-state index contributed by atoms with van der Waals surface area (Å²) in [6, 6.07) is 24.3. The van der Waals surface area contributed by atoms with Gasteiger partial charge in [-0.05, 0) is 96.3 Å². The number of rotatable bonds is 12. The first kappa shape index (κ1) is 37.6. The molecular weight excluding hydrogens is 713 g/mol. The predicted octanol–water partition coefficient (Wildman–Crippen LogP) is 6.30. The second kappa shape index (κ2) is 15.3. The monoisotopic (exact) mass is 749 g/mol. The Morgan fingerprint density at radius 1 is 0.667 bits per heavy atom. The number of anilines is 1. The maximum atomic E-state index is 12.6. The molecule has 0 saturated carbocycles. The fourth-order valence-corrected chi connectivity index (χ4v) is 7.75. The third-order valence-corrected chi connectivity index (χ3v) is 11.1. The lowest BCUT2D eigenvalue weighted by atomic mass is 10.0. The summed E-state index contributed by atoms with van der Waals surface area (Å²) in [5, 5.41) is 0. The van der Waals surface area contributed by atoms with Gasteiger partial charge in [-0.2, -0.15) is 25.3 Å². The molecule has 0 saturated heterocycles. The van der Waals surface area contributed by atoms with Crippen molar-refractivity contribution in [1.29, 1.82) is 0 Å². The van der Waals surface area contributed by atoms with Gasteiger partial charge >= 0.3 is 0 Å². The number of hydrogen-bond donors (Lipinski definition) is 3. The van der Waals surface area contributed by atoms with Gasteiger partial charge in [0.15, 0.2) is 12.3 Å². The van der Waals surface area contributed by atoms with E-state index in [0.717, 1.165) is 11.4 Å². The molecule has 0 aromatic heterocycles. The first-order valence-corrected chi connectivity index (χ1v) is 20.2. The molecule has 0 radical (unpaired) electrons. The van der Waals surface area contributed by atoms with Crippen LogP contribution < -0.4 is 4.90 Å². The summed E-state index contributed by atoms with van der Waals surface area (Å²) in [6.45, 7) is 5.53. The van der Waals surface area contributed by atoms with E-state index in [-0.39, 0.29) is 26.8 Å². The van der Waals surface area contributed by atoms with E-state index in [4.69, 9.17) is 0 Å². The first-order valence-electron chi connectivity index (χ1n) is 15.9. The summed E-state index contributed by atoms with van der Waals surface area (Å²) in [4.78, 5) is 1.28. The highest BCUT2D eigenvalue weighted by molar-refractivity contribution is 7.86. The van der Waals surface area contributed by atoms with Gasteiger partial charge in [0.2, 0.25) is 0 Å². The standard InChI is InChI=1S/C37H36N2O9S3/c1-3-38(25-28-9-7-13-35(22-28)49(40,41)42)33-19-15-27(16-20-33)21-31-18-17-30(24-37(31)51(46,47)48)29-11-8-12-34(23-29)39(4-2)26-32-10-5-6-14-36(32)50(43,44)45/h5-24H,3-4,25-26H2,1-2H3,(H2-,40,41,42,43,44,45,46,47,48)/p+1. The molecule has 0 spiro atoms. The van der Waals surface area contributed by atoms with Crippen LogP contribution in [0, 0.1) is 0 Å². The summed E-state index contributed by atoms with van der Waals surface area (Å²) < 4.78 is 104. The number of benzene rings is 4. The fraction of sp³-hybridized carbons (Fsp3) is 0.162. The van der Waals surface area contributed by atoms with Gasteiger partial charge in [0.25, 0.3) is 30.4 Å². The van der Waals surface area contributed by atoms with Crippen molar-refractivity contribution in [2.75, 3.05) is 18.0 Å². The molecule has 0 atom stereocenters. The van der Waals surface area contributed by atoms with Crippen LogP contribution in [0.2, 0.25) is 0 Å². The van der Waals surface area contributed by atoms with Crippen molar-refractivity contribution in [2.24, 2.45) is 0 Å². The smallest absolute Gasteiger partial charge is 0.295 e. The fourth-order valence-electron chi connectivity index (χ4n) is 5.79. The molecule has 0 unspecified atom stereocenters. The van der Waals surface area contributed by atoms with Crippen LogP contribution >= 0.6 is 0 Å². The van der Waals surface area contributed by atoms with Gasteiger partial charge in [-0.25, -0.2) is 4.58 Å². The summed E-state index contributed by atoms with van der Waals surface area (Å²) in [5.74, 6) is 0. The molecule has 3 N–H and O–H groups in total. The molecule has 0 bridgehead atoms. The molecule has 11 nitrogen and oxygen atoms in total. The second-order valence-electron chi connectivity index (χ2n) is 11.7. The Bertz CT molecular complexity index is 2410. The van der Waals surface area contributed by atoms with E-state index in [0.29, 0.717) is 47.5 Å². The molecule has 4 aromatic rings. The van der Waals surface area contributed by atoms with Gasteiger partial charge in [-0.1, -0.05) is 54.6 Å². The van der Waals surface area contributed by atoms with Crippen LogP contribution in [0.25, 0.3) is 17.2 Å². The molecule has 0 amide bonds. The highest BCUT2D eigenvalue weighted by Crippen LogP contribution is 2.31. The zero-order valence-electron chi connectivity index (χ0n) is 27.8. The zero-order valence-corrected chi connectivity index (χ0v) is 30.2. The minimum absolute atomic E-state index is 0.175. The largest absolute Gasteiger partial charge is 0.367 e. The van der Waals surface area contributed by atoms with E-state index >= 15 is 0 Å². The molecule has 0 fully saturated rings. The minimum Gasteiger partial charge on any atom is -0.367 e. The Kier molecular flexibility index (Phi) is 11.2. The van der Waals surface area contributed by atoms with Gasteiger partial charge in [-0.15, -0.1) is 0 Å². The summed E-state index contributed by atoms with van der Waals surface area (Å²) in [7, 11) is -13.4. The average Bonchev–Trinajstić information content (AvgIpc) is 3.09. The molecule has 0 aliphatic heterocycles. The Balaban J connectivity index is 1.42. The molecular formula is C37H37N2O9S3+. The Morgan fingerprint density at radius 3 is 1.98 bits per heavy atom. The molecule has 14 heteroatoms. The number of nitrogens with zero attached hydrogens (tertiary/aromatic N) is 2. The van der Waals surface area contributed by atoms with Crippen LogP contribution in [0.1, 0.15) is 30.5 Å². The van der Waals surface area contributed by atoms with Gasteiger partial charge < -0.3 is 4.90 Å². The van der Waals surface area contributed by atoms with Crippen molar-refractivity contribution < 1.29 is 43.5 Å². The maximum Gasteiger partial charge on any atom is 0.295 e. The molecule has 0 heterocycles. The molecule has 1 aliphatic carbocycles. The van der Waals surface area contributed by atoms with Crippen LogP contribution in [0.4, 0.5) is 5.69 Å². The lowest BCUT2D eigenvalue weighted by Crippen LogP contribution is -2.23. The number of hydrogen-bond acceptors (Lipinski definition) is 7. The van der Waals surface area contributed by atoms with E-state index in [9.17, 15) is 38.9 Å². The van der Waals surface area contributed by atoms with Crippen molar-refractivity contribution in [3.05, 3.63) is 138 Å². The number of allylic oxidation sites excluding steroid dienone is 5. The predicted molar refractivity (Wildman–Crippen MR) is 197 cm³/mol. The summed E-state index contributed by atoms with van der Waals surface area (Å²) in [5.41, 5.74) is 4.82. The van der Waals surface area contributed by atoms with Crippen LogP contribution in [0.5, 0.6) is 0 Å². The van der Waals surface area contributed by atoms with Crippen LogP contribution in [0.15, 0.2) is 136 Å². The zero-order chi connectivity index (χ0) is 37.0.